The lowest BCUT2D eigenvalue weighted by Crippen LogP contribution is -2.36. The summed E-state index contributed by atoms with van der Waals surface area (Å²) in [5.74, 6) is 1.19. The second-order valence-corrected chi connectivity index (χ2v) is 3.81. The number of rotatable bonds is 6. The van der Waals surface area contributed by atoms with Gasteiger partial charge in [0.1, 0.15) is 6.61 Å². The van der Waals surface area contributed by atoms with E-state index < -0.39 is 0 Å². The Balaban J connectivity index is 2.66. The first-order valence-corrected chi connectivity index (χ1v) is 5.26. The fraction of sp³-hybridized carbons (Fsp3) is 0.800. The van der Waals surface area contributed by atoms with Gasteiger partial charge in [-0.15, -0.1) is 0 Å². The minimum atomic E-state index is -0.286. The zero-order valence-corrected chi connectivity index (χ0v) is 9.83. The lowest BCUT2D eigenvalue weighted by Gasteiger charge is -2.20. The third kappa shape index (κ3) is 3.28. The quantitative estimate of drug-likeness (QED) is 0.775. The van der Waals surface area contributed by atoms with Crippen LogP contribution in [0.25, 0.3) is 0 Å². The first kappa shape index (κ1) is 12.1. The van der Waals surface area contributed by atoms with E-state index >= 15 is 0 Å². The molecule has 0 spiro atoms. The number of ether oxygens (including phenoxy) is 1. The summed E-state index contributed by atoms with van der Waals surface area (Å²) in [6, 6.07) is 0. The highest BCUT2D eigenvalue weighted by atomic mass is 16.5. The van der Waals surface area contributed by atoms with E-state index in [4.69, 9.17) is 9.26 Å². The van der Waals surface area contributed by atoms with Gasteiger partial charge in [0.15, 0.2) is 5.82 Å². The average Bonchev–Trinajstić information content (AvgIpc) is 2.63. The van der Waals surface area contributed by atoms with E-state index in [2.05, 4.69) is 15.5 Å². The van der Waals surface area contributed by atoms with Crippen molar-refractivity contribution >= 4 is 0 Å². The molecule has 0 aliphatic carbocycles. The Labute approximate surface area is 90.2 Å². The maximum atomic E-state index is 5.20. The van der Waals surface area contributed by atoms with Gasteiger partial charge < -0.3 is 14.6 Å². The molecule has 0 atom stereocenters. The van der Waals surface area contributed by atoms with Crippen LogP contribution in [-0.4, -0.2) is 23.3 Å². The molecule has 0 saturated heterocycles. The zero-order valence-electron chi connectivity index (χ0n) is 9.83. The number of hydrogen-bond donors (Lipinski definition) is 1. The molecule has 5 heteroatoms. The van der Waals surface area contributed by atoms with Gasteiger partial charge in [0.2, 0.25) is 5.89 Å². The molecule has 1 aromatic rings. The SMILES string of the molecule is CCNC(C)(C)c1nc(COCC)no1. The van der Waals surface area contributed by atoms with E-state index in [-0.39, 0.29) is 5.54 Å². The van der Waals surface area contributed by atoms with Crippen LogP contribution in [0.5, 0.6) is 0 Å². The van der Waals surface area contributed by atoms with Gasteiger partial charge in [0, 0.05) is 6.61 Å². The molecule has 5 nitrogen and oxygen atoms in total. The maximum Gasteiger partial charge on any atom is 0.246 e. The summed E-state index contributed by atoms with van der Waals surface area (Å²) in [7, 11) is 0. The van der Waals surface area contributed by atoms with Gasteiger partial charge in [-0.1, -0.05) is 12.1 Å². The highest BCUT2D eigenvalue weighted by Crippen LogP contribution is 2.17. The first-order chi connectivity index (χ1) is 7.10. The van der Waals surface area contributed by atoms with Crippen LogP contribution in [0.15, 0.2) is 4.52 Å². The number of hydrogen-bond acceptors (Lipinski definition) is 5. The summed E-state index contributed by atoms with van der Waals surface area (Å²) in [6.07, 6.45) is 0. The summed E-state index contributed by atoms with van der Waals surface area (Å²) < 4.78 is 10.4. The van der Waals surface area contributed by atoms with Crippen molar-refractivity contribution in [3.8, 4) is 0 Å². The molecule has 1 rings (SSSR count). The van der Waals surface area contributed by atoms with E-state index in [1.165, 1.54) is 0 Å². The normalized spacial score (nSPS) is 12.0. The first-order valence-electron chi connectivity index (χ1n) is 5.26. The zero-order chi connectivity index (χ0) is 11.3. The highest BCUT2D eigenvalue weighted by molar-refractivity contribution is 4.98. The van der Waals surface area contributed by atoms with Crippen molar-refractivity contribution in [2.24, 2.45) is 0 Å². The van der Waals surface area contributed by atoms with E-state index in [0.29, 0.717) is 24.9 Å². The largest absolute Gasteiger partial charge is 0.374 e. The Kier molecular flexibility index (Phi) is 4.23. The average molecular weight is 213 g/mol. The standard InChI is InChI=1S/C10H19N3O2/c1-5-11-10(3,4)9-12-8(13-15-9)7-14-6-2/h11H,5-7H2,1-4H3. The molecule has 0 radical (unpaired) electrons. The minimum absolute atomic E-state index is 0.286. The Morgan fingerprint density at radius 3 is 2.73 bits per heavy atom. The second-order valence-electron chi connectivity index (χ2n) is 3.81. The van der Waals surface area contributed by atoms with Gasteiger partial charge in [-0.05, 0) is 27.3 Å². The van der Waals surface area contributed by atoms with E-state index in [0.717, 1.165) is 6.54 Å². The van der Waals surface area contributed by atoms with Crippen LogP contribution < -0.4 is 5.32 Å². The van der Waals surface area contributed by atoms with Crippen LogP contribution in [0.3, 0.4) is 0 Å². The summed E-state index contributed by atoms with van der Waals surface area (Å²) in [6.45, 7) is 9.91. The molecule has 0 saturated carbocycles. The Bertz CT molecular complexity index is 297. The van der Waals surface area contributed by atoms with Gasteiger partial charge in [0.25, 0.3) is 0 Å². The third-order valence-electron chi connectivity index (χ3n) is 2.06. The van der Waals surface area contributed by atoms with E-state index in [1.54, 1.807) is 0 Å². The molecule has 0 aromatic carbocycles. The number of nitrogens with one attached hydrogen (secondary N) is 1. The molecule has 1 N–H and O–H groups in total. The molecule has 15 heavy (non-hydrogen) atoms. The van der Waals surface area contributed by atoms with Crippen LogP contribution in [0, 0.1) is 0 Å². The van der Waals surface area contributed by atoms with Gasteiger partial charge in [-0.3, -0.25) is 0 Å². The summed E-state index contributed by atoms with van der Waals surface area (Å²) in [5, 5.41) is 7.12. The number of aromatic nitrogens is 2. The molecule has 0 bridgehead atoms. The van der Waals surface area contributed by atoms with Crippen LogP contribution in [0.2, 0.25) is 0 Å². The van der Waals surface area contributed by atoms with Crippen LogP contribution in [0.1, 0.15) is 39.4 Å². The van der Waals surface area contributed by atoms with Crippen LogP contribution in [0.4, 0.5) is 0 Å². The predicted molar refractivity (Wildman–Crippen MR) is 56.3 cm³/mol. The van der Waals surface area contributed by atoms with Gasteiger partial charge in [-0.25, -0.2) is 0 Å². The third-order valence-corrected chi connectivity index (χ3v) is 2.06. The fourth-order valence-corrected chi connectivity index (χ4v) is 1.28. The van der Waals surface area contributed by atoms with Crippen LogP contribution >= 0.6 is 0 Å². The molecule has 0 amide bonds. The van der Waals surface area contributed by atoms with Crippen molar-refractivity contribution in [2.45, 2.75) is 39.8 Å². The molecule has 0 fully saturated rings. The Morgan fingerprint density at radius 1 is 1.40 bits per heavy atom. The summed E-state index contributed by atoms with van der Waals surface area (Å²) in [4.78, 5) is 4.27. The number of nitrogens with zero attached hydrogens (tertiary/aromatic N) is 2. The van der Waals surface area contributed by atoms with Crippen molar-refractivity contribution in [3.05, 3.63) is 11.7 Å². The predicted octanol–water partition coefficient (Wildman–Crippen LogP) is 1.45. The van der Waals surface area contributed by atoms with Crippen molar-refractivity contribution < 1.29 is 9.26 Å². The van der Waals surface area contributed by atoms with E-state index in [9.17, 15) is 0 Å². The molecule has 0 unspecified atom stereocenters. The second kappa shape index (κ2) is 5.23. The van der Waals surface area contributed by atoms with Crippen molar-refractivity contribution in [3.63, 3.8) is 0 Å². The van der Waals surface area contributed by atoms with Gasteiger partial charge >= 0.3 is 0 Å². The molecular weight excluding hydrogens is 194 g/mol. The lowest BCUT2D eigenvalue weighted by atomic mass is 10.1. The highest BCUT2D eigenvalue weighted by Gasteiger charge is 2.26. The smallest absolute Gasteiger partial charge is 0.246 e. The lowest BCUT2D eigenvalue weighted by molar-refractivity contribution is 0.126. The molecule has 1 aromatic heterocycles. The Hall–Kier alpha value is -0.940. The molecule has 0 aliphatic rings. The molecular formula is C10H19N3O2. The Morgan fingerprint density at radius 2 is 2.13 bits per heavy atom. The van der Waals surface area contributed by atoms with Crippen molar-refractivity contribution in [2.75, 3.05) is 13.2 Å². The molecule has 1 heterocycles. The topological polar surface area (TPSA) is 60.2 Å². The minimum Gasteiger partial charge on any atom is -0.374 e. The van der Waals surface area contributed by atoms with Crippen LogP contribution in [-0.2, 0) is 16.9 Å². The van der Waals surface area contributed by atoms with E-state index in [1.807, 2.05) is 27.7 Å². The summed E-state index contributed by atoms with van der Waals surface area (Å²) >= 11 is 0. The van der Waals surface area contributed by atoms with Crippen molar-refractivity contribution in [1.82, 2.24) is 15.5 Å². The van der Waals surface area contributed by atoms with Gasteiger partial charge in [-0.2, -0.15) is 4.98 Å². The molecule has 86 valence electrons. The maximum absolute atomic E-state index is 5.20. The summed E-state index contributed by atoms with van der Waals surface area (Å²) in [5.41, 5.74) is -0.286. The van der Waals surface area contributed by atoms with Gasteiger partial charge in [0.05, 0.1) is 5.54 Å². The fourth-order valence-electron chi connectivity index (χ4n) is 1.28. The molecule has 0 aliphatic heterocycles. The van der Waals surface area contributed by atoms with Crippen molar-refractivity contribution in [1.29, 1.82) is 0 Å². The monoisotopic (exact) mass is 213 g/mol.